The second kappa shape index (κ2) is 5.95. The largest absolute Gasteiger partial charge is 0.711 e. The minimum Gasteiger partial charge on any atom is -0.711 e. The molecule has 110 valence electrons. The van der Waals surface area contributed by atoms with Crippen molar-refractivity contribution < 1.29 is 14.3 Å². The molecule has 6 nitrogen and oxygen atoms in total. The van der Waals surface area contributed by atoms with Crippen molar-refractivity contribution in [3.8, 4) is 0 Å². The molecule has 0 bridgehead atoms. The molecule has 0 amide bonds. The summed E-state index contributed by atoms with van der Waals surface area (Å²) in [6.07, 6.45) is 2.74. The molecule has 1 aromatic carbocycles. The summed E-state index contributed by atoms with van der Waals surface area (Å²) < 4.78 is 5.70. The van der Waals surface area contributed by atoms with Gasteiger partial charge in [-0.2, -0.15) is 0 Å². The van der Waals surface area contributed by atoms with Crippen LogP contribution < -0.4 is 4.73 Å². The highest BCUT2D eigenvalue weighted by Crippen LogP contribution is 2.21. The number of aromatic nitrogens is 3. The molecule has 0 fully saturated rings. The Kier molecular flexibility index (Phi) is 3.84. The van der Waals surface area contributed by atoms with Gasteiger partial charge in [-0.15, -0.1) is 0 Å². The first kappa shape index (κ1) is 14.2. The Balaban J connectivity index is 1.88. The van der Waals surface area contributed by atoms with Gasteiger partial charge in [0.1, 0.15) is 11.3 Å². The second-order valence-corrected chi connectivity index (χ2v) is 4.83. The van der Waals surface area contributed by atoms with Crippen molar-refractivity contribution in [3.05, 3.63) is 70.5 Å². The number of para-hydroxylation sites is 1. The zero-order chi connectivity index (χ0) is 15.5. The molecule has 7 heteroatoms. The van der Waals surface area contributed by atoms with Crippen LogP contribution in [0.15, 0.2) is 48.8 Å². The molecular weight excluding hydrogens is 306 g/mol. The minimum atomic E-state index is -0.592. The van der Waals surface area contributed by atoms with Gasteiger partial charge in [-0.25, -0.2) is 14.5 Å². The molecule has 0 saturated heterocycles. The lowest BCUT2D eigenvalue weighted by Crippen LogP contribution is -2.33. The predicted octanol–water partition coefficient (Wildman–Crippen LogP) is 2.27. The van der Waals surface area contributed by atoms with E-state index in [1.165, 1.54) is 24.5 Å². The summed E-state index contributed by atoms with van der Waals surface area (Å²) in [4.78, 5) is 20.2. The number of carbonyl (C=O) groups is 1. The summed E-state index contributed by atoms with van der Waals surface area (Å²) in [5, 5.41) is 12.3. The Labute approximate surface area is 130 Å². The maximum Gasteiger partial charge on any atom is 0.339 e. The van der Waals surface area contributed by atoms with Crippen molar-refractivity contribution in [1.82, 2.24) is 9.97 Å². The average Bonchev–Trinajstić information content (AvgIpc) is 2.53. The topological polar surface area (TPSA) is 79.0 Å². The molecule has 0 radical (unpaired) electrons. The normalized spacial score (nSPS) is 10.6. The lowest BCUT2D eigenvalue weighted by molar-refractivity contribution is -0.620. The monoisotopic (exact) mass is 315 g/mol. The SMILES string of the molecule is O=C(OCc1nccc[n+]1[O-])c1cc(Cl)nc2ccccc12. The molecule has 3 aromatic rings. The fourth-order valence-corrected chi connectivity index (χ4v) is 2.21. The summed E-state index contributed by atoms with van der Waals surface area (Å²) in [7, 11) is 0. The Hall–Kier alpha value is -2.73. The molecule has 0 spiro atoms. The minimum absolute atomic E-state index is 0.0975. The molecule has 0 unspecified atom stereocenters. The van der Waals surface area contributed by atoms with Crippen LogP contribution in [-0.2, 0) is 11.3 Å². The number of esters is 1. The van der Waals surface area contributed by atoms with E-state index in [4.69, 9.17) is 16.3 Å². The van der Waals surface area contributed by atoms with Crippen LogP contribution >= 0.6 is 11.6 Å². The number of nitrogens with zero attached hydrogens (tertiary/aromatic N) is 3. The van der Waals surface area contributed by atoms with Crippen LogP contribution in [0.25, 0.3) is 10.9 Å². The number of carbonyl (C=O) groups excluding carboxylic acids is 1. The third-order valence-corrected chi connectivity index (χ3v) is 3.22. The number of fused-ring (bicyclic) bond motifs is 1. The van der Waals surface area contributed by atoms with Crippen molar-refractivity contribution in [3.63, 3.8) is 0 Å². The Morgan fingerprint density at radius 2 is 2.14 bits per heavy atom. The second-order valence-electron chi connectivity index (χ2n) is 4.45. The van der Waals surface area contributed by atoms with Gasteiger partial charge in [-0.05, 0) is 17.1 Å². The summed E-state index contributed by atoms with van der Waals surface area (Å²) >= 11 is 5.92. The van der Waals surface area contributed by atoms with Crippen molar-refractivity contribution in [1.29, 1.82) is 0 Å². The smallest absolute Gasteiger partial charge is 0.339 e. The van der Waals surface area contributed by atoms with Crippen LogP contribution in [0.1, 0.15) is 16.2 Å². The van der Waals surface area contributed by atoms with Gasteiger partial charge in [-0.1, -0.05) is 29.8 Å². The van der Waals surface area contributed by atoms with Gasteiger partial charge in [0, 0.05) is 11.5 Å². The zero-order valence-corrected chi connectivity index (χ0v) is 12.0. The van der Waals surface area contributed by atoms with E-state index >= 15 is 0 Å². The molecule has 0 aliphatic rings. The van der Waals surface area contributed by atoms with Crippen molar-refractivity contribution in [2.45, 2.75) is 6.61 Å². The van der Waals surface area contributed by atoms with Crippen LogP contribution in [0.2, 0.25) is 5.15 Å². The highest BCUT2D eigenvalue weighted by molar-refractivity contribution is 6.30. The Bertz CT molecular complexity index is 854. The van der Waals surface area contributed by atoms with Crippen LogP contribution in [-0.4, -0.2) is 15.9 Å². The fraction of sp³-hybridized carbons (Fsp3) is 0.0667. The predicted molar refractivity (Wildman–Crippen MR) is 79.1 cm³/mol. The van der Waals surface area contributed by atoms with Crippen molar-refractivity contribution in [2.24, 2.45) is 0 Å². The number of hydrogen-bond donors (Lipinski definition) is 0. The summed E-state index contributed by atoms with van der Waals surface area (Å²) in [5.74, 6) is -0.494. The molecule has 3 rings (SSSR count). The molecule has 0 N–H and O–H groups in total. The van der Waals surface area contributed by atoms with Gasteiger partial charge < -0.3 is 9.94 Å². The summed E-state index contributed by atoms with van der Waals surface area (Å²) in [6, 6.07) is 10.0. The molecule has 2 aromatic heterocycles. The first-order valence-corrected chi connectivity index (χ1v) is 6.78. The van der Waals surface area contributed by atoms with Crippen LogP contribution in [0.5, 0.6) is 0 Å². The first-order valence-electron chi connectivity index (χ1n) is 6.40. The standard InChI is InChI=1S/C15H10ClN3O3/c16-13-8-11(10-4-1-2-5-12(10)18-13)15(20)22-9-14-17-6-3-7-19(14)21/h1-8H,9H2. The number of benzene rings is 1. The average molecular weight is 316 g/mol. The highest BCUT2D eigenvalue weighted by Gasteiger charge is 2.16. The number of rotatable bonds is 3. The Morgan fingerprint density at radius 3 is 2.95 bits per heavy atom. The zero-order valence-electron chi connectivity index (χ0n) is 11.3. The van der Waals surface area contributed by atoms with Gasteiger partial charge in [0.15, 0.2) is 6.61 Å². The lowest BCUT2D eigenvalue weighted by atomic mass is 10.1. The quantitative estimate of drug-likeness (QED) is 0.320. The van der Waals surface area contributed by atoms with E-state index in [1.807, 2.05) is 0 Å². The molecule has 0 aliphatic carbocycles. The fourth-order valence-electron chi connectivity index (χ4n) is 2.01. The van der Waals surface area contributed by atoms with E-state index in [2.05, 4.69) is 9.97 Å². The maximum absolute atomic E-state index is 12.2. The molecule has 0 saturated carbocycles. The number of pyridine rings is 1. The van der Waals surface area contributed by atoms with Gasteiger partial charge in [-0.3, -0.25) is 0 Å². The van der Waals surface area contributed by atoms with Crippen LogP contribution in [0, 0.1) is 5.21 Å². The molecule has 0 aliphatic heterocycles. The third-order valence-electron chi connectivity index (χ3n) is 3.02. The van der Waals surface area contributed by atoms with Gasteiger partial charge in [0.05, 0.1) is 17.3 Å². The van der Waals surface area contributed by atoms with Crippen molar-refractivity contribution >= 4 is 28.5 Å². The van der Waals surface area contributed by atoms with Gasteiger partial charge >= 0.3 is 11.8 Å². The maximum atomic E-state index is 12.2. The molecule has 22 heavy (non-hydrogen) atoms. The number of hydrogen-bond acceptors (Lipinski definition) is 5. The van der Waals surface area contributed by atoms with E-state index in [0.717, 1.165) is 0 Å². The van der Waals surface area contributed by atoms with E-state index in [1.54, 1.807) is 24.3 Å². The lowest BCUT2D eigenvalue weighted by Gasteiger charge is -2.08. The van der Waals surface area contributed by atoms with E-state index in [0.29, 0.717) is 21.2 Å². The molecular formula is C15H10ClN3O3. The highest BCUT2D eigenvalue weighted by atomic mass is 35.5. The van der Waals surface area contributed by atoms with E-state index in [-0.39, 0.29) is 17.6 Å². The van der Waals surface area contributed by atoms with Crippen molar-refractivity contribution in [2.75, 3.05) is 0 Å². The Morgan fingerprint density at radius 1 is 1.32 bits per heavy atom. The van der Waals surface area contributed by atoms with E-state index in [9.17, 15) is 10.0 Å². The van der Waals surface area contributed by atoms with Crippen LogP contribution in [0.3, 0.4) is 0 Å². The van der Waals surface area contributed by atoms with Gasteiger partial charge in [0.2, 0.25) is 0 Å². The molecule has 2 heterocycles. The summed E-state index contributed by atoms with van der Waals surface area (Å²) in [6.45, 7) is -0.225. The first-order chi connectivity index (χ1) is 10.6. The molecule has 0 atom stereocenters. The third kappa shape index (κ3) is 2.82. The van der Waals surface area contributed by atoms with Gasteiger partial charge in [0.25, 0.3) is 0 Å². The number of ether oxygens (including phenoxy) is 1. The van der Waals surface area contributed by atoms with Crippen LogP contribution in [0.4, 0.5) is 0 Å². The summed E-state index contributed by atoms with van der Waals surface area (Å²) in [5.41, 5.74) is 0.891. The van der Waals surface area contributed by atoms with E-state index < -0.39 is 5.97 Å². The number of halogens is 1.